The fourth-order valence-electron chi connectivity index (χ4n) is 3.92. The van der Waals surface area contributed by atoms with Crippen LogP contribution < -0.4 is 5.73 Å². The second kappa shape index (κ2) is 15.4. The fourth-order valence-corrected chi connectivity index (χ4v) is 6.66. The number of anilines is 1. The number of nitrogens with zero attached hydrogens (tertiary/aromatic N) is 4. The number of phenols is 1. The normalized spacial score (nSPS) is 12.5. The smallest absolute Gasteiger partial charge is 0.296 e. The van der Waals surface area contributed by atoms with Crippen LogP contribution in [0.3, 0.4) is 0 Å². The molecule has 0 heterocycles. The van der Waals surface area contributed by atoms with Gasteiger partial charge in [-0.15, -0.1) is 10.2 Å². The molecule has 0 atom stereocenters. The number of aromatic hydroxyl groups is 1. The number of fused-ring (bicyclic) bond motifs is 1. The summed E-state index contributed by atoms with van der Waals surface area (Å²) in [4.78, 5) is -2.24. The van der Waals surface area contributed by atoms with Gasteiger partial charge >= 0.3 is 0 Å². The third kappa shape index (κ3) is 8.83. The summed E-state index contributed by atoms with van der Waals surface area (Å²) in [6.45, 7) is 6.44. The first-order valence-electron chi connectivity index (χ1n) is 12.2. The quantitative estimate of drug-likeness (QED) is 0.0753. The molecule has 0 amide bonds. The van der Waals surface area contributed by atoms with Crippen molar-refractivity contribution in [1.29, 1.82) is 0 Å². The van der Waals surface area contributed by atoms with E-state index in [1.54, 1.807) is 0 Å². The molecule has 4 rings (SSSR count). The van der Waals surface area contributed by atoms with Crippen LogP contribution in [-0.2, 0) is 39.9 Å². The van der Waals surface area contributed by atoms with Crippen molar-refractivity contribution in [2.24, 2.45) is 20.5 Å². The average Bonchev–Trinajstić information content (AvgIpc) is 2.99. The second-order valence-corrected chi connectivity index (χ2v) is 15.6. The predicted octanol–water partition coefficient (Wildman–Crippen LogP) is 4.52. The van der Waals surface area contributed by atoms with Crippen LogP contribution in [0.15, 0.2) is 125 Å². The van der Waals surface area contributed by atoms with Gasteiger partial charge in [0.25, 0.3) is 20.2 Å². The maximum atomic E-state index is 12.3. The van der Waals surface area contributed by atoms with Crippen molar-refractivity contribution in [1.82, 2.24) is 0 Å². The van der Waals surface area contributed by atoms with Crippen molar-refractivity contribution in [3.63, 3.8) is 0 Å². The van der Waals surface area contributed by atoms with Gasteiger partial charge in [-0.2, -0.15) is 27.1 Å². The van der Waals surface area contributed by atoms with Gasteiger partial charge in [-0.3, -0.25) is 9.11 Å². The molecule has 0 fully saturated rings. The van der Waals surface area contributed by atoms with E-state index >= 15 is 0 Å². The molecule has 0 aliphatic heterocycles. The largest absolute Gasteiger partial charge is 0.505 e. The van der Waals surface area contributed by atoms with E-state index in [-0.39, 0.29) is 80.3 Å². The van der Waals surface area contributed by atoms with Crippen molar-refractivity contribution in [2.45, 2.75) is 19.6 Å². The maximum absolute atomic E-state index is 12.3. The van der Waals surface area contributed by atoms with Gasteiger partial charge in [0.15, 0.2) is 25.4 Å². The Kier molecular flexibility index (Phi) is 13.2. The van der Waals surface area contributed by atoms with E-state index in [1.807, 2.05) is 0 Å². The number of phenolic OH excluding ortho intramolecular Hbond substituents is 1. The molecule has 48 heavy (non-hydrogen) atoms. The third-order valence-corrected chi connectivity index (χ3v) is 10.6. The standard InChI is InChI=1S/C26H21N5O11S4.2Na/c1-3-43(33,34)18-9-5-16(6-10-18)28-30-24-20(45(37,38)39)13-15-14-21(46(40,41)42)25(26(32)22(15)23(24)27)31-29-17-7-11-19(12-8-17)44(35,36)4-2;;/h3-14,32H,1-2,27H2,(H,37,38,39)(H,40,41,42);;. The van der Waals surface area contributed by atoms with Crippen LogP contribution in [0.2, 0.25) is 0 Å². The molecular weight excluding hydrogens is 733 g/mol. The van der Waals surface area contributed by atoms with Crippen molar-refractivity contribution in [3.05, 3.63) is 84.6 Å². The molecule has 0 aromatic heterocycles. The molecule has 0 saturated heterocycles. The third-order valence-electron chi connectivity index (χ3n) is 6.17. The van der Waals surface area contributed by atoms with Crippen LogP contribution in [-0.4, -0.2) is 107 Å². The van der Waals surface area contributed by atoms with Gasteiger partial charge in [-0.1, -0.05) is 13.2 Å². The van der Waals surface area contributed by atoms with Gasteiger partial charge in [-0.25, -0.2) is 16.8 Å². The minimum atomic E-state index is -5.16. The van der Waals surface area contributed by atoms with E-state index in [2.05, 4.69) is 33.6 Å². The molecule has 242 valence electrons. The summed E-state index contributed by atoms with van der Waals surface area (Å²) in [5, 5.41) is 26.9. The Hall–Kier alpha value is -2.86. The van der Waals surface area contributed by atoms with E-state index in [4.69, 9.17) is 5.73 Å². The van der Waals surface area contributed by atoms with Crippen molar-refractivity contribution in [3.8, 4) is 5.75 Å². The summed E-state index contributed by atoms with van der Waals surface area (Å²) in [5.74, 6) is -1.01. The molecule has 0 bridgehead atoms. The molecule has 4 aromatic rings. The molecule has 22 heteroatoms. The first-order chi connectivity index (χ1) is 21.3. The summed E-state index contributed by atoms with van der Waals surface area (Å²) in [6, 6.07) is 10.9. The summed E-state index contributed by atoms with van der Waals surface area (Å²) in [6.07, 6.45) is 0. The zero-order valence-corrected chi connectivity index (χ0v) is 32.2. The van der Waals surface area contributed by atoms with E-state index in [0.717, 1.165) is 22.9 Å². The minimum absolute atomic E-state index is 0. The Morgan fingerprint density at radius 1 is 0.604 bits per heavy atom. The van der Waals surface area contributed by atoms with Gasteiger partial charge in [0.1, 0.15) is 21.2 Å². The van der Waals surface area contributed by atoms with Gasteiger partial charge in [-0.05, 0) is 66.0 Å². The molecule has 16 nitrogen and oxygen atoms in total. The molecule has 0 aliphatic rings. The van der Waals surface area contributed by atoms with Gasteiger partial charge in [0, 0.05) is 69.9 Å². The van der Waals surface area contributed by atoms with Crippen molar-refractivity contribution >= 4 is 138 Å². The molecule has 4 aromatic carbocycles. The zero-order chi connectivity index (χ0) is 34.2. The van der Waals surface area contributed by atoms with E-state index in [1.165, 1.54) is 36.4 Å². The van der Waals surface area contributed by atoms with E-state index < -0.39 is 83.3 Å². The Bertz CT molecular complexity index is 2270. The van der Waals surface area contributed by atoms with Gasteiger partial charge in [0.2, 0.25) is 0 Å². The van der Waals surface area contributed by atoms with Gasteiger partial charge in [0.05, 0.1) is 32.2 Å². The molecule has 0 saturated carbocycles. The van der Waals surface area contributed by atoms with E-state index in [0.29, 0.717) is 12.1 Å². The first kappa shape index (κ1) is 41.3. The molecule has 5 N–H and O–H groups in total. The van der Waals surface area contributed by atoms with E-state index in [9.17, 15) is 47.9 Å². The molecule has 0 unspecified atom stereocenters. The summed E-state index contributed by atoms with van der Waals surface area (Å²) < 4.78 is 117. The van der Waals surface area contributed by atoms with Crippen LogP contribution >= 0.6 is 0 Å². The number of nitrogens with two attached hydrogens (primary N) is 1. The second-order valence-electron chi connectivity index (χ2n) is 9.07. The number of hydrogen-bond acceptors (Lipinski definition) is 14. The SMILES string of the molecule is C=CS(=O)(=O)c1ccc(N=Nc2c(S(=O)(=O)O)cc3cc(S(=O)(=O)O)c(N=Nc4ccc(S(=O)(=O)C=C)cc4)c(O)c3c2N)cc1.[Na].[Na]. The molecule has 0 spiro atoms. The Morgan fingerprint density at radius 3 is 1.31 bits per heavy atom. The maximum Gasteiger partial charge on any atom is 0.296 e. The monoisotopic (exact) mass is 753 g/mol. The van der Waals surface area contributed by atoms with Crippen molar-refractivity contribution in [2.75, 3.05) is 5.73 Å². The Morgan fingerprint density at radius 2 is 0.958 bits per heavy atom. The summed E-state index contributed by atoms with van der Waals surface area (Å²) in [5.41, 5.74) is 3.98. The Labute approximate surface area is 319 Å². The summed E-state index contributed by atoms with van der Waals surface area (Å²) >= 11 is 0. The number of azo groups is 2. The molecule has 2 radical (unpaired) electrons. The topological polar surface area (TPSA) is 273 Å². The number of hydrogen-bond donors (Lipinski definition) is 4. The fraction of sp³-hybridized carbons (Fsp3) is 0. The number of sulfone groups is 2. The minimum Gasteiger partial charge on any atom is -0.505 e. The average molecular weight is 754 g/mol. The summed E-state index contributed by atoms with van der Waals surface area (Å²) in [7, 11) is -17.8. The van der Waals surface area contributed by atoms with Crippen LogP contribution in [0.1, 0.15) is 0 Å². The van der Waals surface area contributed by atoms with Crippen LogP contribution in [0.5, 0.6) is 5.75 Å². The molecule has 0 aliphatic carbocycles. The van der Waals surface area contributed by atoms with Gasteiger partial charge < -0.3 is 10.8 Å². The van der Waals surface area contributed by atoms with Crippen LogP contribution in [0.25, 0.3) is 10.8 Å². The zero-order valence-electron chi connectivity index (χ0n) is 24.9. The number of nitrogen functional groups attached to an aromatic ring is 1. The van der Waals surface area contributed by atoms with Crippen LogP contribution in [0.4, 0.5) is 28.4 Å². The predicted molar refractivity (Wildman–Crippen MR) is 177 cm³/mol. The number of rotatable bonds is 10. The van der Waals surface area contributed by atoms with Crippen molar-refractivity contribution < 1.29 is 47.9 Å². The van der Waals surface area contributed by atoms with Crippen LogP contribution in [0, 0.1) is 0 Å². The number of benzene rings is 4. The molecular formula is C26H21N5Na2O11S4. The first-order valence-corrected chi connectivity index (χ1v) is 18.1. The Balaban J connectivity index is 0.00000400.